The third kappa shape index (κ3) is 7.06. The summed E-state index contributed by atoms with van der Waals surface area (Å²) in [6, 6.07) is 0. The first kappa shape index (κ1) is 32.5. The highest BCUT2D eigenvalue weighted by Crippen LogP contribution is 2.51. The lowest BCUT2D eigenvalue weighted by atomic mass is 9.59. The van der Waals surface area contributed by atoms with Crippen LogP contribution in [0.1, 0.15) is 101 Å². The van der Waals surface area contributed by atoms with Gasteiger partial charge in [-0.25, -0.2) is 0 Å². The number of hydrogen-bond acceptors (Lipinski definition) is 5. The highest BCUT2D eigenvalue weighted by atomic mass is 16.6. The molecule has 39 heavy (non-hydrogen) atoms. The van der Waals surface area contributed by atoms with Gasteiger partial charge in [0, 0.05) is 11.8 Å². The van der Waals surface area contributed by atoms with Crippen molar-refractivity contribution in [2.24, 2.45) is 28.6 Å². The summed E-state index contributed by atoms with van der Waals surface area (Å²) in [4.78, 5) is 51.6. The molecule has 0 saturated heterocycles. The van der Waals surface area contributed by atoms with Crippen molar-refractivity contribution >= 4 is 23.5 Å². The van der Waals surface area contributed by atoms with Gasteiger partial charge < -0.3 is 9.84 Å². The van der Waals surface area contributed by atoms with Gasteiger partial charge in [0.05, 0.1) is 12.8 Å². The van der Waals surface area contributed by atoms with Gasteiger partial charge in [0.15, 0.2) is 11.6 Å². The highest BCUT2D eigenvalue weighted by molar-refractivity contribution is 5.99. The van der Waals surface area contributed by atoms with E-state index in [9.17, 15) is 24.3 Å². The van der Waals surface area contributed by atoms with Gasteiger partial charge in [-0.1, -0.05) is 57.1 Å². The van der Waals surface area contributed by atoms with Gasteiger partial charge in [-0.2, -0.15) is 0 Å². The van der Waals surface area contributed by atoms with Crippen molar-refractivity contribution in [3.63, 3.8) is 0 Å². The lowest BCUT2D eigenvalue weighted by molar-refractivity contribution is -0.165. The number of allylic oxidation sites excluding steroid dienone is 7. The molecule has 2 rings (SSSR count). The fourth-order valence-electron chi connectivity index (χ4n) is 7.16. The van der Waals surface area contributed by atoms with Gasteiger partial charge in [0.2, 0.25) is 0 Å². The molecule has 0 saturated carbocycles. The summed E-state index contributed by atoms with van der Waals surface area (Å²) >= 11 is 0. The van der Waals surface area contributed by atoms with Crippen molar-refractivity contribution in [1.29, 1.82) is 0 Å². The van der Waals surface area contributed by atoms with Crippen molar-refractivity contribution in [1.82, 2.24) is 0 Å². The molecular formula is C33H48O6. The van der Waals surface area contributed by atoms with Gasteiger partial charge in [0.1, 0.15) is 5.60 Å². The van der Waals surface area contributed by atoms with E-state index >= 15 is 0 Å². The molecule has 6 heteroatoms. The number of carboxylic acid groups (broad SMARTS) is 1. The van der Waals surface area contributed by atoms with Crippen LogP contribution in [0.25, 0.3) is 0 Å². The Morgan fingerprint density at radius 2 is 1.64 bits per heavy atom. The van der Waals surface area contributed by atoms with Crippen LogP contribution in [-0.4, -0.2) is 34.2 Å². The molecule has 0 aromatic rings. The summed E-state index contributed by atoms with van der Waals surface area (Å²) in [5.74, 6) is -2.16. The standard InChI is InChI=1S/C33H48O6/c1-10-14-25(34)28-23(7)17-33(19-26(35)36,20-32(28,9)13-4)39-27(37)16-24-15-22(6)29(30(38)21(5)11-2)31(8,12-3)18-24/h10-11,14-15,17,24,28-29H,12-13,16,18-20H2,1-9H3,(H,35,36). The SMILES string of the molecule is CC=CC(=O)C1C(C)=CC(CC(=O)O)(OC(=O)CC2C=C(C)C(C(=O)C(C)=CC)C(C)(CC)C2)CC1(C)CC. The number of hydrogen-bond donors (Lipinski definition) is 1. The minimum atomic E-state index is -1.33. The molecule has 2 aliphatic carbocycles. The van der Waals surface area contributed by atoms with Crippen LogP contribution in [0.15, 0.2) is 47.1 Å². The van der Waals surface area contributed by atoms with Gasteiger partial charge in [-0.15, -0.1) is 0 Å². The maximum Gasteiger partial charge on any atom is 0.307 e. The second kappa shape index (κ2) is 12.6. The van der Waals surface area contributed by atoms with Crippen LogP contribution in [0, 0.1) is 28.6 Å². The zero-order valence-corrected chi connectivity index (χ0v) is 25.3. The maximum atomic E-state index is 13.4. The Kier molecular flexibility index (Phi) is 10.5. The summed E-state index contributed by atoms with van der Waals surface area (Å²) in [5.41, 5.74) is 0.249. The molecule has 216 valence electrons. The van der Waals surface area contributed by atoms with E-state index in [4.69, 9.17) is 4.74 Å². The molecule has 0 aliphatic heterocycles. The molecule has 2 aliphatic rings. The lowest BCUT2D eigenvalue weighted by Gasteiger charge is -2.47. The van der Waals surface area contributed by atoms with Gasteiger partial charge in [-0.05, 0) is 94.8 Å². The summed E-state index contributed by atoms with van der Waals surface area (Å²) in [7, 11) is 0. The van der Waals surface area contributed by atoms with Gasteiger partial charge in [0.25, 0.3) is 0 Å². The molecule has 0 radical (unpaired) electrons. The van der Waals surface area contributed by atoms with E-state index in [0.29, 0.717) is 12.8 Å². The molecule has 1 N–H and O–H groups in total. The largest absolute Gasteiger partial charge is 0.481 e. The number of Topliss-reactive ketones (excluding diaryl/α,β-unsaturated/α-hetero) is 1. The number of ketones is 2. The summed E-state index contributed by atoms with van der Waals surface area (Å²) in [5, 5.41) is 9.79. The Morgan fingerprint density at radius 3 is 2.15 bits per heavy atom. The zero-order valence-electron chi connectivity index (χ0n) is 25.3. The molecule has 0 amide bonds. The molecule has 6 nitrogen and oxygen atoms in total. The topological polar surface area (TPSA) is 97.7 Å². The van der Waals surface area contributed by atoms with Crippen molar-refractivity contribution in [3.8, 4) is 0 Å². The Hall–Kier alpha value is -2.76. The molecule has 0 fully saturated rings. The summed E-state index contributed by atoms with van der Waals surface area (Å²) < 4.78 is 6.08. The first-order chi connectivity index (χ1) is 18.1. The number of carbonyl (C=O) groups is 4. The predicted molar refractivity (Wildman–Crippen MR) is 154 cm³/mol. The summed E-state index contributed by atoms with van der Waals surface area (Å²) in [6.45, 7) is 17.4. The fraction of sp³-hybridized carbons (Fsp3) is 0.636. The Morgan fingerprint density at radius 1 is 1.03 bits per heavy atom. The normalized spacial score (nSPS) is 33.4. The molecule has 6 unspecified atom stereocenters. The Labute approximate surface area is 234 Å². The Bertz CT molecular complexity index is 1110. The van der Waals surface area contributed by atoms with Crippen molar-refractivity contribution < 1.29 is 29.0 Å². The first-order valence-corrected chi connectivity index (χ1v) is 14.3. The lowest BCUT2D eigenvalue weighted by Crippen LogP contribution is -2.49. The molecule has 0 heterocycles. The van der Waals surface area contributed by atoms with Crippen LogP contribution in [0.3, 0.4) is 0 Å². The predicted octanol–water partition coefficient (Wildman–Crippen LogP) is 7.19. The maximum absolute atomic E-state index is 13.4. The van der Waals surface area contributed by atoms with Crippen LogP contribution in [-0.2, 0) is 23.9 Å². The molecule has 6 atom stereocenters. The van der Waals surface area contributed by atoms with Gasteiger partial charge in [-0.3, -0.25) is 19.2 Å². The van der Waals surface area contributed by atoms with E-state index in [0.717, 1.165) is 23.1 Å². The minimum Gasteiger partial charge on any atom is -0.481 e. The monoisotopic (exact) mass is 540 g/mol. The second-order valence-electron chi connectivity index (χ2n) is 12.4. The van der Waals surface area contributed by atoms with E-state index in [2.05, 4.69) is 13.8 Å². The van der Waals surface area contributed by atoms with Crippen LogP contribution in [0.2, 0.25) is 0 Å². The van der Waals surface area contributed by atoms with Crippen LogP contribution in [0.4, 0.5) is 0 Å². The number of rotatable bonds is 11. The molecular weight excluding hydrogens is 492 g/mol. The van der Waals surface area contributed by atoms with Gasteiger partial charge >= 0.3 is 11.9 Å². The highest BCUT2D eigenvalue weighted by Gasteiger charge is 2.51. The molecule has 0 bridgehead atoms. The van der Waals surface area contributed by atoms with E-state index < -0.39 is 28.9 Å². The van der Waals surface area contributed by atoms with Crippen LogP contribution < -0.4 is 0 Å². The Balaban J connectivity index is 2.40. The zero-order chi connectivity index (χ0) is 29.8. The minimum absolute atomic E-state index is 0.0234. The summed E-state index contributed by atoms with van der Waals surface area (Å²) in [6.07, 6.45) is 10.9. The number of carboxylic acids is 1. The number of esters is 1. The third-order valence-corrected chi connectivity index (χ3v) is 9.24. The van der Waals surface area contributed by atoms with E-state index in [1.807, 2.05) is 53.7 Å². The van der Waals surface area contributed by atoms with Crippen molar-refractivity contribution in [2.75, 3.05) is 0 Å². The van der Waals surface area contributed by atoms with E-state index in [1.54, 1.807) is 25.2 Å². The molecule has 0 aromatic carbocycles. The first-order valence-electron chi connectivity index (χ1n) is 14.3. The average molecular weight is 541 g/mol. The third-order valence-electron chi connectivity index (χ3n) is 9.24. The van der Waals surface area contributed by atoms with E-state index in [-0.39, 0.29) is 48.1 Å². The molecule has 0 aromatic heterocycles. The number of carbonyl (C=O) groups excluding carboxylic acids is 3. The average Bonchev–Trinajstić information content (AvgIpc) is 2.81. The quantitative estimate of drug-likeness (QED) is 0.169. The number of aliphatic carboxylic acids is 1. The van der Waals surface area contributed by atoms with Crippen molar-refractivity contribution in [2.45, 2.75) is 106 Å². The van der Waals surface area contributed by atoms with E-state index in [1.165, 1.54) is 0 Å². The fourth-order valence-corrected chi connectivity index (χ4v) is 7.16. The number of ether oxygens (including phenoxy) is 1. The smallest absolute Gasteiger partial charge is 0.307 e. The van der Waals surface area contributed by atoms with Crippen molar-refractivity contribution in [3.05, 3.63) is 47.1 Å². The second-order valence-corrected chi connectivity index (χ2v) is 12.4. The molecule has 0 spiro atoms. The van der Waals surface area contributed by atoms with Crippen LogP contribution in [0.5, 0.6) is 0 Å². The van der Waals surface area contributed by atoms with Crippen LogP contribution >= 0.6 is 0 Å².